The molecule has 2 rings (SSSR count). The van der Waals surface area contributed by atoms with E-state index in [2.05, 4.69) is 4.72 Å². The molecule has 0 unspecified atom stereocenters. The maximum atomic E-state index is 12.1. The molecule has 0 saturated carbocycles. The standard InChI is InChI=1S/C12H16N2O6S/c15-12(16)9-20-11-3-1-10(2-4-11)13-21(17,18)14-5-7-19-8-6-14/h1-4,13H,5-9H2,(H,15,16). The molecule has 0 bridgehead atoms. The van der Waals surface area contributed by atoms with Crippen LogP contribution in [0.5, 0.6) is 5.75 Å². The number of rotatable bonds is 6. The minimum absolute atomic E-state index is 0.315. The Kier molecular flexibility index (Phi) is 4.99. The van der Waals surface area contributed by atoms with Gasteiger partial charge in [0, 0.05) is 13.1 Å². The van der Waals surface area contributed by atoms with Gasteiger partial charge in [0.2, 0.25) is 0 Å². The molecule has 0 atom stereocenters. The fraction of sp³-hybridized carbons (Fsp3) is 0.417. The SMILES string of the molecule is O=C(O)COc1ccc(NS(=O)(=O)N2CCOCC2)cc1. The zero-order chi connectivity index (χ0) is 15.3. The highest BCUT2D eigenvalue weighted by Crippen LogP contribution is 2.18. The van der Waals surface area contributed by atoms with Crippen molar-refractivity contribution in [3.05, 3.63) is 24.3 Å². The van der Waals surface area contributed by atoms with Crippen molar-refractivity contribution in [3.63, 3.8) is 0 Å². The van der Waals surface area contributed by atoms with Gasteiger partial charge < -0.3 is 14.6 Å². The van der Waals surface area contributed by atoms with Gasteiger partial charge in [-0.3, -0.25) is 4.72 Å². The first-order chi connectivity index (χ1) is 9.97. The third-order valence-electron chi connectivity index (χ3n) is 2.77. The second-order valence-electron chi connectivity index (χ2n) is 4.33. The molecule has 1 aromatic carbocycles. The van der Waals surface area contributed by atoms with E-state index in [0.29, 0.717) is 37.7 Å². The Morgan fingerprint density at radius 1 is 1.29 bits per heavy atom. The van der Waals surface area contributed by atoms with Crippen LogP contribution in [0, 0.1) is 0 Å². The largest absolute Gasteiger partial charge is 0.482 e. The Morgan fingerprint density at radius 3 is 2.48 bits per heavy atom. The molecule has 0 radical (unpaired) electrons. The third-order valence-corrected chi connectivity index (χ3v) is 4.31. The van der Waals surface area contributed by atoms with Crippen molar-refractivity contribution in [3.8, 4) is 5.75 Å². The van der Waals surface area contributed by atoms with E-state index in [4.69, 9.17) is 14.6 Å². The van der Waals surface area contributed by atoms with E-state index in [9.17, 15) is 13.2 Å². The number of ether oxygens (including phenoxy) is 2. The normalized spacial score (nSPS) is 16.4. The van der Waals surface area contributed by atoms with Gasteiger partial charge in [0.15, 0.2) is 6.61 Å². The van der Waals surface area contributed by atoms with Crippen LogP contribution in [0.1, 0.15) is 0 Å². The van der Waals surface area contributed by atoms with Crippen molar-refractivity contribution in [1.29, 1.82) is 0 Å². The number of nitrogens with one attached hydrogen (secondary N) is 1. The molecule has 116 valence electrons. The van der Waals surface area contributed by atoms with Gasteiger partial charge in [-0.1, -0.05) is 0 Å². The van der Waals surface area contributed by atoms with E-state index in [1.54, 1.807) is 0 Å². The molecule has 0 aromatic heterocycles. The second kappa shape index (κ2) is 6.74. The maximum absolute atomic E-state index is 12.1. The van der Waals surface area contributed by atoms with Crippen LogP contribution in [0.25, 0.3) is 0 Å². The molecule has 1 aliphatic rings. The average molecular weight is 316 g/mol. The summed E-state index contributed by atoms with van der Waals surface area (Å²) in [6, 6.07) is 6.02. The van der Waals surface area contributed by atoms with E-state index in [1.165, 1.54) is 28.6 Å². The minimum atomic E-state index is -3.61. The Bertz CT molecular complexity index is 580. The van der Waals surface area contributed by atoms with Gasteiger partial charge in [-0.25, -0.2) is 4.79 Å². The molecular formula is C12H16N2O6S. The van der Waals surface area contributed by atoms with Crippen LogP contribution in [-0.4, -0.2) is 56.7 Å². The van der Waals surface area contributed by atoms with Gasteiger partial charge in [-0.05, 0) is 24.3 Å². The Balaban J connectivity index is 1.97. The molecule has 0 spiro atoms. The zero-order valence-electron chi connectivity index (χ0n) is 11.2. The van der Waals surface area contributed by atoms with Crippen molar-refractivity contribution < 1.29 is 27.8 Å². The summed E-state index contributed by atoms with van der Waals surface area (Å²) in [4.78, 5) is 10.4. The van der Waals surface area contributed by atoms with Crippen molar-refractivity contribution >= 4 is 21.9 Å². The fourth-order valence-electron chi connectivity index (χ4n) is 1.76. The predicted molar refractivity (Wildman–Crippen MR) is 74.5 cm³/mol. The van der Waals surface area contributed by atoms with E-state index in [0.717, 1.165) is 0 Å². The first-order valence-electron chi connectivity index (χ1n) is 6.28. The number of morpholine rings is 1. The van der Waals surface area contributed by atoms with E-state index in [1.807, 2.05) is 0 Å². The van der Waals surface area contributed by atoms with Crippen LogP contribution >= 0.6 is 0 Å². The highest BCUT2D eigenvalue weighted by Gasteiger charge is 2.23. The topological polar surface area (TPSA) is 105 Å². The number of hydrogen-bond acceptors (Lipinski definition) is 5. The van der Waals surface area contributed by atoms with Gasteiger partial charge in [0.05, 0.1) is 18.9 Å². The molecule has 1 aromatic rings. The quantitative estimate of drug-likeness (QED) is 0.773. The van der Waals surface area contributed by atoms with Crippen molar-refractivity contribution in [1.82, 2.24) is 4.31 Å². The van der Waals surface area contributed by atoms with E-state index in [-0.39, 0.29) is 0 Å². The molecule has 8 nitrogen and oxygen atoms in total. The summed E-state index contributed by atoms with van der Waals surface area (Å²) >= 11 is 0. The summed E-state index contributed by atoms with van der Waals surface area (Å²) in [7, 11) is -3.61. The lowest BCUT2D eigenvalue weighted by atomic mass is 10.3. The summed E-state index contributed by atoms with van der Waals surface area (Å²) in [5.74, 6) is -0.723. The van der Waals surface area contributed by atoms with Gasteiger partial charge in [0.25, 0.3) is 0 Å². The van der Waals surface area contributed by atoms with Gasteiger partial charge in [-0.2, -0.15) is 12.7 Å². The highest BCUT2D eigenvalue weighted by molar-refractivity contribution is 7.90. The van der Waals surface area contributed by atoms with E-state index < -0.39 is 22.8 Å². The van der Waals surface area contributed by atoms with Crippen LogP contribution < -0.4 is 9.46 Å². The highest BCUT2D eigenvalue weighted by atomic mass is 32.2. The first kappa shape index (κ1) is 15.5. The molecule has 1 saturated heterocycles. The summed E-state index contributed by atoms with van der Waals surface area (Å²) < 4.78 is 38.0. The summed E-state index contributed by atoms with van der Waals surface area (Å²) in [5, 5.41) is 8.49. The number of carboxylic acids is 1. The molecule has 0 aliphatic carbocycles. The third kappa shape index (κ3) is 4.59. The summed E-state index contributed by atoms with van der Waals surface area (Å²) in [6.45, 7) is 0.939. The number of carbonyl (C=O) groups is 1. The first-order valence-corrected chi connectivity index (χ1v) is 7.72. The summed E-state index contributed by atoms with van der Waals surface area (Å²) in [6.07, 6.45) is 0. The smallest absolute Gasteiger partial charge is 0.341 e. The second-order valence-corrected chi connectivity index (χ2v) is 6.00. The molecule has 1 aliphatic heterocycles. The van der Waals surface area contributed by atoms with Crippen molar-refractivity contribution in [2.24, 2.45) is 0 Å². The Hall–Kier alpha value is -1.84. The summed E-state index contributed by atoms with van der Waals surface area (Å²) in [5.41, 5.74) is 0.379. The van der Waals surface area contributed by atoms with Crippen LogP contribution in [-0.2, 0) is 19.7 Å². The van der Waals surface area contributed by atoms with Crippen molar-refractivity contribution in [2.45, 2.75) is 0 Å². The molecule has 1 heterocycles. The Morgan fingerprint density at radius 2 is 1.90 bits per heavy atom. The fourth-order valence-corrected chi connectivity index (χ4v) is 2.96. The van der Waals surface area contributed by atoms with Crippen LogP contribution in [0.4, 0.5) is 5.69 Å². The zero-order valence-corrected chi connectivity index (χ0v) is 12.0. The number of aliphatic carboxylic acids is 1. The molecule has 2 N–H and O–H groups in total. The van der Waals surface area contributed by atoms with E-state index >= 15 is 0 Å². The minimum Gasteiger partial charge on any atom is -0.482 e. The predicted octanol–water partition coefficient (Wildman–Crippen LogP) is 0.139. The molecular weight excluding hydrogens is 300 g/mol. The maximum Gasteiger partial charge on any atom is 0.341 e. The number of hydrogen-bond donors (Lipinski definition) is 2. The molecule has 21 heavy (non-hydrogen) atoms. The van der Waals surface area contributed by atoms with Gasteiger partial charge in [0.1, 0.15) is 5.75 Å². The number of nitrogens with zero attached hydrogens (tertiary/aromatic N) is 1. The average Bonchev–Trinajstić information content (AvgIpc) is 2.47. The lowest BCUT2D eigenvalue weighted by molar-refractivity contribution is -0.139. The van der Waals surface area contributed by atoms with Gasteiger partial charge in [-0.15, -0.1) is 0 Å². The van der Waals surface area contributed by atoms with Crippen LogP contribution in [0.2, 0.25) is 0 Å². The van der Waals surface area contributed by atoms with Crippen LogP contribution in [0.3, 0.4) is 0 Å². The van der Waals surface area contributed by atoms with Crippen LogP contribution in [0.15, 0.2) is 24.3 Å². The monoisotopic (exact) mass is 316 g/mol. The number of carboxylic acid groups (broad SMARTS) is 1. The number of anilines is 1. The molecule has 1 fully saturated rings. The van der Waals surface area contributed by atoms with Gasteiger partial charge >= 0.3 is 16.2 Å². The lowest BCUT2D eigenvalue weighted by Gasteiger charge is -2.26. The lowest BCUT2D eigenvalue weighted by Crippen LogP contribution is -2.43. The molecule has 9 heteroatoms. The molecule has 0 amide bonds. The number of benzene rings is 1. The van der Waals surface area contributed by atoms with Crippen molar-refractivity contribution in [2.75, 3.05) is 37.6 Å². The Labute approximate surface area is 122 Å².